The van der Waals surface area contributed by atoms with Gasteiger partial charge in [-0.1, -0.05) is 13.8 Å². The smallest absolute Gasteiger partial charge is 0.338 e. The Kier molecular flexibility index (Phi) is 5.94. The lowest BCUT2D eigenvalue weighted by atomic mass is 9.79. The monoisotopic (exact) mass is 337 g/mol. The molecule has 9 heteroatoms. The maximum absolute atomic E-state index is 11.8. The zero-order valence-corrected chi connectivity index (χ0v) is 14.0. The number of rotatable bonds is 7. The Balaban J connectivity index is 2.78. The van der Waals surface area contributed by atoms with Crippen molar-refractivity contribution in [2.24, 2.45) is 5.41 Å². The van der Waals surface area contributed by atoms with Gasteiger partial charge in [-0.2, -0.15) is 8.42 Å². The molecule has 1 rings (SSSR count). The van der Waals surface area contributed by atoms with Gasteiger partial charge < -0.3 is 14.8 Å². The third-order valence-electron chi connectivity index (χ3n) is 3.44. The molecule has 0 aromatic rings. The molecule has 0 radical (unpaired) electrons. The molecule has 0 saturated carbocycles. The molecule has 0 aromatic carbocycles. The molecule has 1 saturated heterocycles. The molecule has 1 aliphatic heterocycles. The third-order valence-corrected chi connectivity index (χ3v) is 4.19. The number of ether oxygens (including phenoxy) is 2. The fourth-order valence-corrected chi connectivity index (χ4v) is 3.13. The summed E-state index contributed by atoms with van der Waals surface area (Å²) in [6.07, 6.45) is -1.08. The molecule has 2 N–H and O–H groups in total. The Labute approximate surface area is 130 Å². The number of esters is 1. The van der Waals surface area contributed by atoms with Crippen molar-refractivity contribution in [1.29, 1.82) is 0 Å². The van der Waals surface area contributed by atoms with Gasteiger partial charge in [-0.15, -0.1) is 0 Å². The molecule has 1 aliphatic rings. The lowest BCUT2D eigenvalue weighted by Gasteiger charge is -2.32. The SMILES string of the molecule is CC(=O)NC(CCS(=O)(=O)O)CC(C)(C)[C@H]1OC(C)OC1=O. The van der Waals surface area contributed by atoms with Gasteiger partial charge in [0.25, 0.3) is 10.1 Å². The fourth-order valence-electron chi connectivity index (χ4n) is 2.55. The molecule has 0 aliphatic carbocycles. The number of hydrogen-bond donors (Lipinski definition) is 2. The summed E-state index contributed by atoms with van der Waals surface area (Å²) in [6, 6.07) is -0.512. The van der Waals surface area contributed by atoms with Crippen LogP contribution < -0.4 is 5.32 Å². The van der Waals surface area contributed by atoms with Crippen LogP contribution in [0.3, 0.4) is 0 Å². The first kappa shape index (κ1) is 18.9. The van der Waals surface area contributed by atoms with Gasteiger partial charge in [0, 0.05) is 18.4 Å². The van der Waals surface area contributed by atoms with Gasteiger partial charge in [-0.05, 0) is 19.8 Å². The minimum Gasteiger partial charge on any atom is -0.434 e. The number of cyclic esters (lactones) is 1. The van der Waals surface area contributed by atoms with Crippen LogP contribution in [-0.2, 0) is 29.2 Å². The Hall–Kier alpha value is -1.19. The predicted octanol–water partition coefficient (Wildman–Crippen LogP) is 0.473. The number of amides is 1. The highest BCUT2D eigenvalue weighted by molar-refractivity contribution is 7.85. The molecule has 0 spiro atoms. The summed E-state index contributed by atoms with van der Waals surface area (Å²) in [5.41, 5.74) is -0.672. The highest BCUT2D eigenvalue weighted by Gasteiger charge is 2.45. The average molecular weight is 337 g/mol. The summed E-state index contributed by atoms with van der Waals surface area (Å²) >= 11 is 0. The maximum atomic E-state index is 11.8. The molecule has 128 valence electrons. The van der Waals surface area contributed by atoms with Gasteiger partial charge in [-0.25, -0.2) is 4.79 Å². The number of carbonyl (C=O) groups is 2. The van der Waals surface area contributed by atoms with E-state index >= 15 is 0 Å². The molecule has 0 bridgehead atoms. The first-order chi connectivity index (χ1) is 9.90. The van der Waals surface area contributed by atoms with Gasteiger partial charge in [0.2, 0.25) is 12.2 Å². The van der Waals surface area contributed by atoms with Crippen LogP contribution in [0.5, 0.6) is 0 Å². The molecule has 0 aromatic heterocycles. The quantitative estimate of drug-likeness (QED) is 0.512. The van der Waals surface area contributed by atoms with E-state index in [1.807, 2.05) is 0 Å². The molecular formula is C13H23NO7S. The van der Waals surface area contributed by atoms with E-state index in [1.54, 1.807) is 20.8 Å². The molecule has 8 nitrogen and oxygen atoms in total. The molecular weight excluding hydrogens is 314 g/mol. The van der Waals surface area contributed by atoms with Crippen LogP contribution in [0.1, 0.15) is 40.5 Å². The number of nitrogens with one attached hydrogen (secondary N) is 1. The van der Waals surface area contributed by atoms with Crippen molar-refractivity contribution in [3.63, 3.8) is 0 Å². The summed E-state index contributed by atoms with van der Waals surface area (Å²) in [4.78, 5) is 23.0. The second-order valence-corrected chi connectivity index (χ2v) is 7.76. The zero-order valence-electron chi connectivity index (χ0n) is 13.2. The average Bonchev–Trinajstić information content (AvgIpc) is 2.64. The second-order valence-electron chi connectivity index (χ2n) is 6.19. The minimum absolute atomic E-state index is 0.0408. The normalized spacial score (nSPS) is 24.0. The lowest BCUT2D eigenvalue weighted by molar-refractivity contribution is -0.143. The van der Waals surface area contributed by atoms with Crippen LogP contribution in [0.2, 0.25) is 0 Å². The topological polar surface area (TPSA) is 119 Å². The van der Waals surface area contributed by atoms with Crippen LogP contribution in [0, 0.1) is 5.41 Å². The Bertz CT molecular complexity index is 529. The van der Waals surface area contributed by atoms with Crippen LogP contribution in [0.25, 0.3) is 0 Å². The van der Waals surface area contributed by atoms with Gasteiger partial charge >= 0.3 is 5.97 Å². The van der Waals surface area contributed by atoms with Crippen LogP contribution in [0.15, 0.2) is 0 Å². The number of hydrogen-bond acceptors (Lipinski definition) is 6. The predicted molar refractivity (Wildman–Crippen MR) is 77.5 cm³/mol. The molecule has 22 heavy (non-hydrogen) atoms. The van der Waals surface area contributed by atoms with Crippen molar-refractivity contribution in [2.45, 2.75) is 59.0 Å². The van der Waals surface area contributed by atoms with Crippen molar-refractivity contribution in [1.82, 2.24) is 5.32 Å². The maximum Gasteiger partial charge on any atom is 0.338 e. The summed E-state index contributed by atoms with van der Waals surface area (Å²) in [5.74, 6) is -1.27. The second kappa shape index (κ2) is 6.93. The molecule has 1 amide bonds. The lowest BCUT2D eigenvalue weighted by Crippen LogP contribution is -2.43. The zero-order chi connectivity index (χ0) is 17.1. The molecule has 3 atom stereocenters. The summed E-state index contributed by atoms with van der Waals surface area (Å²) < 4.78 is 41.0. The van der Waals surface area contributed by atoms with Crippen LogP contribution in [-0.4, -0.2) is 49.0 Å². The van der Waals surface area contributed by atoms with Crippen LogP contribution >= 0.6 is 0 Å². The van der Waals surface area contributed by atoms with Gasteiger partial charge in [0.15, 0.2) is 6.10 Å². The number of carbonyl (C=O) groups excluding carboxylic acids is 2. The first-order valence-corrected chi connectivity index (χ1v) is 8.60. The Morgan fingerprint density at radius 2 is 2.05 bits per heavy atom. The molecule has 2 unspecified atom stereocenters. The van der Waals surface area contributed by atoms with E-state index in [1.165, 1.54) is 6.92 Å². The largest absolute Gasteiger partial charge is 0.434 e. The van der Waals surface area contributed by atoms with E-state index in [2.05, 4.69) is 5.32 Å². The van der Waals surface area contributed by atoms with Crippen molar-refractivity contribution in [2.75, 3.05) is 5.75 Å². The summed E-state index contributed by atoms with van der Waals surface area (Å²) in [6.45, 7) is 6.48. The summed E-state index contributed by atoms with van der Waals surface area (Å²) in [5, 5.41) is 2.64. The highest BCUT2D eigenvalue weighted by atomic mass is 32.2. The first-order valence-electron chi connectivity index (χ1n) is 6.99. The molecule has 1 heterocycles. The van der Waals surface area contributed by atoms with E-state index in [0.717, 1.165) is 0 Å². The van der Waals surface area contributed by atoms with Crippen molar-refractivity contribution in [3.8, 4) is 0 Å². The highest BCUT2D eigenvalue weighted by Crippen LogP contribution is 2.34. The third kappa shape index (κ3) is 5.90. The fraction of sp³-hybridized carbons (Fsp3) is 0.846. The van der Waals surface area contributed by atoms with E-state index in [9.17, 15) is 18.0 Å². The van der Waals surface area contributed by atoms with Crippen molar-refractivity contribution in [3.05, 3.63) is 0 Å². The standard InChI is InChI=1S/C13H23NO7S/c1-8(15)14-10(5-6-22(17,18)19)7-13(3,4)11-12(16)21-9(2)20-11/h9-11H,5-7H2,1-4H3,(H,14,15)(H,17,18,19)/t9?,10?,11-/m0/s1. The van der Waals surface area contributed by atoms with E-state index in [-0.39, 0.29) is 12.3 Å². The summed E-state index contributed by atoms with van der Waals surface area (Å²) in [7, 11) is -4.12. The van der Waals surface area contributed by atoms with E-state index < -0.39 is 45.7 Å². The van der Waals surface area contributed by atoms with Crippen molar-refractivity contribution >= 4 is 22.0 Å². The minimum atomic E-state index is -4.12. The van der Waals surface area contributed by atoms with Crippen LogP contribution in [0.4, 0.5) is 0 Å². The van der Waals surface area contributed by atoms with E-state index in [4.69, 9.17) is 14.0 Å². The van der Waals surface area contributed by atoms with E-state index in [0.29, 0.717) is 6.42 Å². The Morgan fingerprint density at radius 3 is 2.45 bits per heavy atom. The van der Waals surface area contributed by atoms with Gasteiger partial charge in [-0.3, -0.25) is 9.35 Å². The van der Waals surface area contributed by atoms with Gasteiger partial charge in [0.1, 0.15) is 0 Å². The molecule has 1 fully saturated rings. The Morgan fingerprint density at radius 1 is 1.45 bits per heavy atom. The van der Waals surface area contributed by atoms with Crippen molar-refractivity contribution < 1.29 is 32.0 Å². The van der Waals surface area contributed by atoms with Gasteiger partial charge in [0.05, 0.1) is 5.75 Å².